The molecule has 0 fully saturated rings. The van der Waals surface area contributed by atoms with Crippen LogP contribution in [-0.4, -0.2) is 18.5 Å². The molecule has 0 aliphatic rings. The first-order valence-corrected chi connectivity index (χ1v) is 14.1. The molecule has 0 aliphatic heterocycles. The molecule has 184 valence electrons. The zero-order valence-electron chi connectivity index (χ0n) is 21.9. The van der Waals surface area contributed by atoms with E-state index >= 15 is 0 Å². The van der Waals surface area contributed by atoms with Gasteiger partial charge in [0.15, 0.2) is 0 Å². The highest BCUT2D eigenvalue weighted by molar-refractivity contribution is 5.67. The van der Waals surface area contributed by atoms with Crippen molar-refractivity contribution in [3.8, 4) is 11.1 Å². The molecule has 0 aliphatic carbocycles. The third kappa shape index (κ3) is 13.0. The van der Waals surface area contributed by atoms with Crippen LogP contribution in [0.2, 0.25) is 0 Å². The van der Waals surface area contributed by atoms with E-state index in [1.54, 1.807) is 0 Å². The van der Waals surface area contributed by atoms with Crippen molar-refractivity contribution in [3.05, 3.63) is 60.2 Å². The topological polar surface area (TPSA) is 3.24 Å². The maximum atomic E-state index is 2.49. The molecule has 2 rings (SSSR count). The highest BCUT2D eigenvalue weighted by Gasteiger charge is 2.07. The van der Waals surface area contributed by atoms with Crippen LogP contribution in [0.3, 0.4) is 0 Å². The fourth-order valence-electron chi connectivity index (χ4n) is 4.86. The number of nitrogens with zero attached hydrogens (tertiary/aromatic N) is 1. The van der Waals surface area contributed by atoms with E-state index in [9.17, 15) is 0 Å². The standard InChI is InChI=1S/C32H51N/c1-3-4-5-6-7-8-9-10-11-12-13-14-15-16-17-23-28-33(2)29-31-26-21-22-27-32(31)30-24-19-18-20-25-30/h18-22,24-27H,3-17,23,28-29H2,1-2H3. The minimum Gasteiger partial charge on any atom is -0.302 e. The summed E-state index contributed by atoms with van der Waals surface area (Å²) in [4.78, 5) is 2.49. The van der Waals surface area contributed by atoms with Crippen molar-refractivity contribution in [1.29, 1.82) is 0 Å². The third-order valence-electron chi connectivity index (χ3n) is 6.94. The molecule has 0 radical (unpaired) electrons. The van der Waals surface area contributed by atoms with Crippen LogP contribution in [0.1, 0.15) is 115 Å². The summed E-state index contributed by atoms with van der Waals surface area (Å²) in [6, 6.07) is 19.7. The monoisotopic (exact) mass is 449 g/mol. The minimum atomic E-state index is 1.03. The quantitative estimate of drug-likeness (QED) is 0.182. The minimum absolute atomic E-state index is 1.03. The van der Waals surface area contributed by atoms with Crippen LogP contribution < -0.4 is 0 Å². The van der Waals surface area contributed by atoms with Crippen LogP contribution in [0.4, 0.5) is 0 Å². The average Bonchev–Trinajstić information content (AvgIpc) is 2.84. The van der Waals surface area contributed by atoms with Crippen LogP contribution in [0.15, 0.2) is 54.6 Å². The van der Waals surface area contributed by atoms with Crippen molar-refractivity contribution < 1.29 is 0 Å². The maximum absolute atomic E-state index is 2.49. The summed E-state index contributed by atoms with van der Waals surface area (Å²) in [5, 5.41) is 0. The van der Waals surface area contributed by atoms with Gasteiger partial charge in [0.05, 0.1) is 0 Å². The normalized spacial score (nSPS) is 11.4. The summed E-state index contributed by atoms with van der Waals surface area (Å²) in [5.41, 5.74) is 4.13. The molecule has 0 N–H and O–H groups in total. The highest BCUT2D eigenvalue weighted by atomic mass is 15.1. The Kier molecular flexibility index (Phi) is 15.7. The Labute approximate surface area is 206 Å². The Balaban J connectivity index is 1.44. The molecule has 0 saturated heterocycles. The van der Waals surface area contributed by atoms with E-state index in [4.69, 9.17) is 0 Å². The highest BCUT2D eigenvalue weighted by Crippen LogP contribution is 2.24. The van der Waals surface area contributed by atoms with Gasteiger partial charge in [-0.1, -0.05) is 158 Å². The lowest BCUT2D eigenvalue weighted by Gasteiger charge is -2.19. The lowest BCUT2D eigenvalue weighted by atomic mass is 9.99. The van der Waals surface area contributed by atoms with Crippen molar-refractivity contribution in [1.82, 2.24) is 4.90 Å². The van der Waals surface area contributed by atoms with Crippen LogP contribution in [0.5, 0.6) is 0 Å². The largest absolute Gasteiger partial charge is 0.302 e. The zero-order chi connectivity index (χ0) is 23.4. The first kappa shape index (κ1) is 27.6. The number of hydrogen-bond acceptors (Lipinski definition) is 1. The van der Waals surface area contributed by atoms with Gasteiger partial charge < -0.3 is 4.90 Å². The van der Waals surface area contributed by atoms with Crippen molar-refractivity contribution in [3.63, 3.8) is 0 Å². The molecule has 33 heavy (non-hydrogen) atoms. The molecule has 0 bridgehead atoms. The fraction of sp³-hybridized carbons (Fsp3) is 0.625. The molecule has 0 aromatic heterocycles. The van der Waals surface area contributed by atoms with Crippen LogP contribution >= 0.6 is 0 Å². The second-order valence-electron chi connectivity index (χ2n) is 10.1. The molecular formula is C32H51N. The molecule has 0 heterocycles. The third-order valence-corrected chi connectivity index (χ3v) is 6.94. The van der Waals surface area contributed by atoms with Gasteiger partial charge >= 0.3 is 0 Å². The van der Waals surface area contributed by atoms with Crippen LogP contribution in [0.25, 0.3) is 11.1 Å². The number of rotatable bonds is 20. The van der Waals surface area contributed by atoms with Crippen molar-refractivity contribution in [2.24, 2.45) is 0 Å². The van der Waals surface area contributed by atoms with Gasteiger partial charge in [0.2, 0.25) is 0 Å². The lowest BCUT2D eigenvalue weighted by molar-refractivity contribution is 0.316. The van der Waals surface area contributed by atoms with E-state index in [1.165, 1.54) is 126 Å². The predicted molar refractivity (Wildman–Crippen MR) is 148 cm³/mol. The molecule has 0 saturated carbocycles. The van der Waals surface area contributed by atoms with Crippen LogP contribution in [-0.2, 0) is 6.54 Å². The average molecular weight is 450 g/mol. The van der Waals surface area contributed by atoms with Gasteiger partial charge in [-0.15, -0.1) is 0 Å². The predicted octanol–water partition coefficient (Wildman–Crippen LogP) is 10.0. The van der Waals surface area contributed by atoms with Crippen molar-refractivity contribution >= 4 is 0 Å². The molecule has 2 aromatic carbocycles. The number of benzene rings is 2. The Hall–Kier alpha value is -1.60. The molecule has 0 atom stereocenters. The van der Waals surface area contributed by atoms with Crippen molar-refractivity contribution in [2.75, 3.05) is 13.6 Å². The lowest BCUT2D eigenvalue weighted by Crippen LogP contribution is -2.19. The summed E-state index contributed by atoms with van der Waals surface area (Å²) in [5.74, 6) is 0. The van der Waals surface area contributed by atoms with Gasteiger partial charge in [-0.3, -0.25) is 0 Å². The number of hydrogen-bond donors (Lipinski definition) is 0. The smallest absolute Gasteiger partial charge is 0.0236 e. The van der Waals surface area contributed by atoms with Crippen LogP contribution in [0, 0.1) is 0 Å². The van der Waals surface area contributed by atoms with E-state index in [2.05, 4.69) is 73.5 Å². The summed E-state index contributed by atoms with van der Waals surface area (Å²) in [6.45, 7) is 4.53. The van der Waals surface area contributed by atoms with Gasteiger partial charge in [0, 0.05) is 6.54 Å². The summed E-state index contributed by atoms with van der Waals surface area (Å²) in [7, 11) is 2.27. The SMILES string of the molecule is CCCCCCCCCCCCCCCCCCN(C)Cc1ccccc1-c1ccccc1. The molecular weight excluding hydrogens is 398 g/mol. The Morgan fingerprint density at radius 1 is 0.515 bits per heavy atom. The Bertz CT molecular complexity index is 693. The summed E-state index contributed by atoms with van der Waals surface area (Å²) in [6.07, 6.45) is 22.9. The van der Waals surface area contributed by atoms with Gasteiger partial charge in [0.25, 0.3) is 0 Å². The molecule has 1 heteroatoms. The fourth-order valence-corrected chi connectivity index (χ4v) is 4.86. The van der Waals surface area contributed by atoms with Crippen molar-refractivity contribution in [2.45, 2.75) is 116 Å². The maximum Gasteiger partial charge on any atom is 0.0236 e. The first-order valence-electron chi connectivity index (χ1n) is 14.1. The van der Waals surface area contributed by atoms with Gasteiger partial charge in [-0.25, -0.2) is 0 Å². The molecule has 1 nitrogen and oxygen atoms in total. The summed E-state index contributed by atoms with van der Waals surface area (Å²) < 4.78 is 0. The van der Waals surface area contributed by atoms with E-state index in [0.29, 0.717) is 0 Å². The second kappa shape index (κ2) is 18.8. The summed E-state index contributed by atoms with van der Waals surface area (Å²) >= 11 is 0. The molecule has 0 unspecified atom stereocenters. The molecule has 2 aromatic rings. The molecule has 0 amide bonds. The Morgan fingerprint density at radius 3 is 1.52 bits per heavy atom. The van der Waals surface area contributed by atoms with Gasteiger partial charge in [0.1, 0.15) is 0 Å². The van der Waals surface area contributed by atoms with Gasteiger partial charge in [-0.2, -0.15) is 0 Å². The van der Waals surface area contributed by atoms with E-state index in [1.807, 2.05) is 0 Å². The second-order valence-corrected chi connectivity index (χ2v) is 10.1. The zero-order valence-corrected chi connectivity index (χ0v) is 21.9. The van der Waals surface area contributed by atoms with Gasteiger partial charge in [-0.05, 0) is 36.7 Å². The first-order chi connectivity index (χ1) is 16.3. The molecule has 0 spiro atoms. The van der Waals surface area contributed by atoms with E-state index in [-0.39, 0.29) is 0 Å². The Morgan fingerprint density at radius 2 is 0.970 bits per heavy atom. The van der Waals surface area contributed by atoms with E-state index in [0.717, 1.165) is 6.54 Å². The van der Waals surface area contributed by atoms with E-state index < -0.39 is 0 Å². The number of unbranched alkanes of at least 4 members (excludes halogenated alkanes) is 15.